The summed E-state index contributed by atoms with van der Waals surface area (Å²) < 4.78 is 6.39. The fraction of sp³-hybridized carbons (Fsp3) is 0.300. The molecule has 0 aliphatic rings. The third kappa shape index (κ3) is 4.41. The van der Waals surface area contributed by atoms with Crippen LogP contribution in [0.25, 0.3) is 0 Å². The second-order valence-electron chi connectivity index (χ2n) is 3.05. The fourth-order valence-electron chi connectivity index (χ4n) is 1.17. The highest BCUT2D eigenvalue weighted by molar-refractivity contribution is 9.11. The Bertz CT molecular complexity index is 374. The Balaban J connectivity index is 0.00000225. The third-order valence-electron chi connectivity index (χ3n) is 1.97. The topological polar surface area (TPSA) is 52.3 Å². The number of carbonyl (C=O) groups is 1. The molecule has 3 nitrogen and oxygen atoms in total. The van der Waals surface area contributed by atoms with Gasteiger partial charge in [-0.15, -0.1) is 12.4 Å². The zero-order chi connectivity index (χ0) is 11.4. The Hall–Kier alpha value is -0.100. The Morgan fingerprint density at radius 2 is 2.12 bits per heavy atom. The van der Waals surface area contributed by atoms with Gasteiger partial charge in [-0.2, -0.15) is 0 Å². The standard InChI is InChI=1S/C10H11Br2NO2.ClH/c1-15-10(14)5-9(13)7-4-6(11)2-3-8(7)12;/h2-4,9H,5,13H2,1H3;1H/t9-;/m0./s1. The van der Waals surface area contributed by atoms with Crippen LogP contribution in [0.3, 0.4) is 0 Å². The quantitative estimate of drug-likeness (QED) is 0.828. The third-order valence-corrected chi connectivity index (χ3v) is 3.19. The second-order valence-corrected chi connectivity index (χ2v) is 4.82. The van der Waals surface area contributed by atoms with Crippen LogP contribution in [0.5, 0.6) is 0 Å². The van der Waals surface area contributed by atoms with E-state index < -0.39 is 0 Å². The molecule has 0 saturated heterocycles. The number of methoxy groups -OCH3 is 1. The Kier molecular flexibility index (Phi) is 7.22. The van der Waals surface area contributed by atoms with Gasteiger partial charge < -0.3 is 10.5 Å². The average Bonchev–Trinajstić information content (AvgIpc) is 2.21. The number of nitrogens with two attached hydrogens (primary N) is 1. The van der Waals surface area contributed by atoms with Gasteiger partial charge in [0.2, 0.25) is 0 Å². The van der Waals surface area contributed by atoms with Gasteiger partial charge in [0.05, 0.1) is 13.5 Å². The van der Waals surface area contributed by atoms with Crippen LogP contribution < -0.4 is 5.73 Å². The molecule has 0 saturated carbocycles. The van der Waals surface area contributed by atoms with Crippen LogP contribution in [-0.4, -0.2) is 13.1 Å². The maximum Gasteiger partial charge on any atom is 0.307 e. The molecule has 16 heavy (non-hydrogen) atoms. The molecule has 0 spiro atoms. The predicted octanol–water partition coefficient (Wildman–Crippen LogP) is 3.20. The van der Waals surface area contributed by atoms with Crippen molar-refractivity contribution in [3.63, 3.8) is 0 Å². The van der Waals surface area contributed by atoms with Gasteiger partial charge >= 0.3 is 5.97 Å². The molecule has 1 aromatic rings. The summed E-state index contributed by atoms with van der Waals surface area (Å²) in [5.74, 6) is -0.311. The molecule has 1 atom stereocenters. The maximum atomic E-state index is 11.1. The fourth-order valence-corrected chi connectivity index (χ4v) is 2.09. The van der Waals surface area contributed by atoms with E-state index in [1.54, 1.807) is 0 Å². The van der Waals surface area contributed by atoms with E-state index in [-0.39, 0.29) is 30.8 Å². The molecule has 0 aliphatic heterocycles. The smallest absolute Gasteiger partial charge is 0.307 e. The first-order chi connectivity index (χ1) is 7.04. The highest BCUT2D eigenvalue weighted by atomic mass is 79.9. The van der Waals surface area contributed by atoms with Crippen molar-refractivity contribution < 1.29 is 9.53 Å². The summed E-state index contributed by atoms with van der Waals surface area (Å²) in [4.78, 5) is 11.1. The summed E-state index contributed by atoms with van der Waals surface area (Å²) in [6.45, 7) is 0. The van der Waals surface area contributed by atoms with E-state index in [9.17, 15) is 4.79 Å². The lowest BCUT2D eigenvalue weighted by Crippen LogP contribution is -2.16. The highest BCUT2D eigenvalue weighted by Gasteiger charge is 2.14. The van der Waals surface area contributed by atoms with Crippen LogP contribution in [0.1, 0.15) is 18.0 Å². The van der Waals surface area contributed by atoms with Crippen LogP contribution in [-0.2, 0) is 9.53 Å². The number of carbonyl (C=O) groups excluding carboxylic acids is 1. The summed E-state index contributed by atoms with van der Waals surface area (Å²) in [6, 6.07) is 5.32. The first-order valence-corrected chi connectivity index (χ1v) is 5.90. The molecule has 0 aromatic heterocycles. The predicted molar refractivity (Wildman–Crippen MR) is 72.7 cm³/mol. The molecule has 0 aliphatic carbocycles. The Labute approximate surface area is 117 Å². The minimum absolute atomic E-state index is 0. The van der Waals surface area contributed by atoms with Gasteiger partial charge in [0.15, 0.2) is 0 Å². The van der Waals surface area contributed by atoms with E-state index in [0.717, 1.165) is 14.5 Å². The van der Waals surface area contributed by atoms with Gasteiger partial charge in [0.1, 0.15) is 0 Å². The number of benzene rings is 1. The van der Waals surface area contributed by atoms with Crippen LogP contribution in [0.4, 0.5) is 0 Å². The monoisotopic (exact) mass is 371 g/mol. The van der Waals surface area contributed by atoms with Gasteiger partial charge in [0, 0.05) is 15.0 Å². The van der Waals surface area contributed by atoms with Crippen molar-refractivity contribution in [2.45, 2.75) is 12.5 Å². The molecule has 0 bridgehead atoms. The summed E-state index contributed by atoms with van der Waals surface area (Å²) in [5.41, 5.74) is 6.77. The van der Waals surface area contributed by atoms with Crippen LogP contribution in [0.15, 0.2) is 27.1 Å². The van der Waals surface area contributed by atoms with Crippen LogP contribution in [0, 0.1) is 0 Å². The van der Waals surface area contributed by atoms with Crippen molar-refractivity contribution in [2.75, 3.05) is 7.11 Å². The van der Waals surface area contributed by atoms with Crippen LogP contribution in [0.2, 0.25) is 0 Å². The lowest BCUT2D eigenvalue weighted by molar-refractivity contribution is -0.141. The van der Waals surface area contributed by atoms with Crippen molar-refractivity contribution in [3.8, 4) is 0 Å². The van der Waals surface area contributed by atoms with Crippen molar-refractivity contribution in [2.24, 2.45) is 5.73 Å². The van der Waals surface area contributed by atoms with Crippen molar-refractivity contribution >= 4 is 50.2 Å². The minimum atomic E-state index is -0.357. The van der Waals surface area contributed by atoms with Gasteiger partial charge in [-0.1, -0.05) is 31.9 Å². The van der Waals surface area contributed by atoms with Crippen molar-refractivity contribution in [3.05, 3.63) is 32.7 Å². The molecular formula is C10H12Br2ClNO2. The van der Waals surface area contributed by atoms with E-state index >= 15 is 0 Å². The van der Waals surface area contributed by atoms with E-state index in [4.69, 9.17) is 5.73 Å². The average molecular weight is 373 g/mol. The number of rotatable bonds is 3. The SMILES string of the molecule is COC(=O)C[C@H](N)c1cc(Br)ccc1Br.Cl. The van der Waals surface area contributed by atoms with Gasteiger partial charge in [-0.3, -0.25) is 4.79 Å². The summed E-state index contributed by atoms with van der Waals surface area (Å²) >= 11 is 6.75. The first kappa shape index (κ1) is 15.9. The zero-order valence-corrected chi connectivity index (χ0v) is 12.6. The van der Waals surface area contributed by atoms with Crippen molar-refractivity contribution in [1.82, 2.24) is 0 Å². The summed E-state index contributed by atoms with van der Waals surface area (Å²) in [5, 5.41) is 0. The zero-order valence-electron chi connectivity index (χ0n) is 8.57. The first-order valence-electron chi connectivity index (χ1n) is 4.32. The number of esters is 1. The molecule has 0 amide bonds. The van der Waals surface area contributed by atoms with Gasteiger partial charge in [0.25, 0.3) is 0 Å². The molecule has 0 heterocycles. The lowest BCUT2D eigenvalue weighted by Gasteiger charge is -2.12. The molecule has 90 valence electrons. The van der Waals surface area contributed by atoms with Crippen LogP contribution >= 0.6 is 44.3 Å². The number of hydrogen-bond donors (Lipinski definition) is 1. The lowest BCUT2D eigenvalue weighted by atomic mass is 10.1. The molecule has 0 fully saturated rings. The minimum Gasteiger partial charge on any atom is -0.469 e. The molecule has 1 rings (SSSR count). The number of hydrogen-bond acceptors (Lipinski definition) is 3. The van der Waals surface area contributed by atoms with Crippen molar-refractivity contribution in [1.29, 1.82) is 0 Å². The normalized spacial score (nSPS) is 11.5. The molecule has 0 radical (unpaired) electrons. The largest absolute Gasteiger partial charge is 0.469 e. The molecule has 0 unspecified atom stereocenters. The van der Waals surface area contributed by atoms with E-state index in [2.05, 4.69) is 36.6 Å². The second kappa shape index (κ2) is 7.27. The number of ether oxygens (including phenoxy) is 1. The Morgan fingerprint density at radius 3 is 2.69 bits per heavy atom. The molecule has 1 aromatic carbocycles. The van der Waals surface area contributed by atoms with E-state index in [1.165, 1.54) is 7.11 Å². The Morgan fingerprint density at radius 1 is 1.50 bits per heavy atom. The van der Waals surface area contributed by atoms with Gasteiger partial charge in [-0.05, 0) is 23.8 Å². The molecule has 2 N–H and O–H groups in total. The van der Waals surface area contributed by atoms with Gasteiger partial charge in [-0.25, -0.2) is 0 Å². The highest BCUT2D eigenvalue weighted by Crippen LogP contribution is 2.27. The molecular weight excluding hydrogens is 361 g/mol. The molecule has 6 heteroatoms. The summed E-state index contributed by atoms with van der Waals surface area (Å²) in [7, 11) is 1.35. The number of halogens is 3. The van der Waals surface area contributed by atoms with E-state index in [0.29, 0.717) is 0 Å². The maximum absolute atomic E-state index is 11.1. The van der Waals surface area contributed by atoms with E-state index in [1.807, 2.05) is 18.2 Å². The summed E-state index contributed by atoms with van der Waals surface area (Å²) in [6.07, 6.45) is 0.172.